The van der Waals surface area contributed by atoms with Crippen molar-refractivity contribution in [2.24, 2.45) is 0 Å². The quantitative estimate of drug-likeness (QED) is 0.519. The Labute approximate surface area is 88.7 Å². The summed E-state index contributed by atoms with van der Waals surface area (Å²) in [5.41, 5.74) is 0. The van der Waals surface area contributed by atoms with Gasteiger partial charge in [0.05, 0.1) is 8.07 Å². The third-order valence-electron chi connectivity index (χ3n) is 2.59. The first kappa shape index (κ1) is 11.3. The molecule has 0 saturated heterocycles. The van der Waals surface area contributed by atoms with Crippen LogP contribution in [0.5, 0.6) is 0 Å². The van der Waals surface area contributed by atoms with Gasteiger partial charge in [-0.2, -0.15) is 0 Å². The van der Waals surface area contributed by atoms with Gasteiger partial charge in [-0.1, -0.05) is 67.7 Å². The molecule has 0 amide bonds. The van der Waals surface area contributed by atoms with Gasteiger partial charge in [-0.05, 0) is 12.5 Å². The second-order valence-electron chi connectivity index (χ2n) is 4.33. The molecule has 0 nitrogen and oxygen atoms in total. The fraction of sp³-hybridized carbons (Fsp3) is 0.385. The zero-order chi connectivity index (χ0) is 10.4. The maximum atomic E-state index is 2.43. The van der Waals surface area contributed by atoms with Crippen LogP contribution >= 0.6 is 0 Å². The minimum absolute atomic E-state index is 1.15. The molecule has 1 aromatic rings. The summed E-state index contributed by atoms with van der Waals surface area (Å²) < 4.78 is 0. The lowest BCUT2D eigenvalue weighted by molar-refractivity contribution is 1.21. The standard InChI is InChI=1S/C13H20Si/c1-4-5-9-12-14(2,3)13-10-7-6-8-11-13/h5-11H,4,12H2,1-3H3/b9-5+. The van der Waals surface area contributed by atoms with Crippen LogP contribution in [0, 0.1) is 0 Å². The predicted molar refractivity (Wildman–Crippen MR) is 67.8 cm³/mol. The van der Waals surface area contributed by atoms with Gasteiger partial charge in [0.15, 0.2) is 0 Å². The summed E-state index contributed by atoms with van der Waals surface area (Å²) in [5, 5.41) is 1.56. The van der Waals surface area contributed by atoms with Gasteiger partial charge in [0.25, 0.3) is 0 Å². The first-order valence-corrected chi connectivity index (χ1v) is 8.58. The zero-order valence-corrected chi connectivity index (χ0v) is 10.5. The van der Waals surface area contributed by atoms with Crippen LogP contribution in [0.25, 0.3) is 0 Å². The summed E-state index contributed by atoms with van der Waals surface area (Å²) in [4.78, 5) is 0. The highest BCUT2D eigenvalue weighted by Crippen LogP contribution is 2.10. The van der Waals surface area contributed by atoms with E-state index in [4.69, 9.17) is 0 Å². The van der Waals surface area contributed by atoms with Crippen molar-refractivity contribution in [2.45, 2.75) is 32.5 Å². The zero-order valence-electron chi connectivity index (χ0n) is 9.46. The molecule has 0 aromatic heterocycles. The molecule has 1 heteroatoms. The minimum Gasteiger partial charge on any atom is -0.0909 e. The molecule has 0 atom stereocenters. The average Bonchev–Trinajstić information content (AvgIpc) is 2.19. The first-order valence-electron chi connectivity index (χ1n) is 5.37. The summed E-state index contributed by atoms with van der Waals surface area (Å²) in [5.74, 6) is 0. The van der Waals surface area contributed by atoms with Gasteiger partial charge >= 0.3 is 0 Å². The Kier molecular flexibility index (Phi) is 4.14. The highest BCUT2D eigenvalue weighted by Gasteiger charge is 2.20. The smallest absolute Gasteiger partial charge is 0.0843 e. The summed E-state index contributed by atoms with van der Waals surface area (Å²) in [6, 6.07) is 12.2. The molecule has 0 unspecified atom stereocenters. The monoisotopic (exact) mass is 204 g/mol. The van der Waals surface area contributed by atoms with Gasteiger partial charge in [0.2, 0.25) is 0 Å². The molecule has 0 aliphatic carbocycles. The third kappa shape index (κ3) is 3.15. The summed E-state index contributed by atoms with van der Waals surface area (Å²) >= 11 is 0. The largest absolute Gasteiger partial charge is 0.0909 e. The molecule has 0 fully saturated rings. The van der Waals surface area contributed by atoms with Crippen molar-refractivity contribution in [2.75, 3.05) is 0 Å². The Hall–Kier alpha value is -0.823. The summed E-state index contributed by atoms with van der Waals surface area (Å²) in [6.45, 7) is 7.05. The molecule has 1 rings (SSSR count). The van der Waals surface area contributed by atoms with E-state index in [0.717, 1.165) is 6.42 Å². The molecule has 0 saturated carbocycles. The maximum Gasteiger partial charge on any atom is 0.0843 e. The maximum absolute atomic E-state index is 2.43. The molecular weight excluding hydrogens is 184 g/mol. The van der Waals surface area contributed by atoms with E-state index >= 15 is 0 Å². The van der Waals surface area contributed by atoms with Crippen LogP contribution in [-0.4, -0.2) is 8.07 Å². The lowest BCUT2D eigenvalue weighted by atomic mass is 10.4. The Morgan fingerprint density at radius 2 is 1.71 bits per heavy atom. The Morgan fingerprint density at radius 3 is 2.29 bits per heavy atom. The molecule has 76 valence electrons. The topological polar surface area (TPSA) is 0 Å². The van der Waals surface area contributed by atoms with Crippen molar-refractivity contribution >= 4 is 13.3 Å². The van der Waals surface area contributed by atoms with Crippen LogP contribution in [0.4, 0.5) is 0 Å². The Balaban J connectivity index is 2.70. The van der Waals surface area contributed by atoms with Gasteiger partial charge in [0, 0.05) is 0 Å². The molecule has 0 bridgehead atoms. The fourth-order valence-electron chi connectivity index (χ4n) is 1.55. The normalized spacial score (nSPS) is 12.2. The van der Waals surface area contributed by atoms with Crippen LogP contribution in [0.2, 0.25) is 19.1 Å². The molecular formula is C13H20Si. The Bertz CT molecular complexity index is 285. The predicted octanol–water partition coefficient (Wildman–Crippen LogP) is 3.57. The van der Waals surface area contributed by atoms with Crippen molar-refractivity contribution < 1.29 is 0 Å². The van der Waals surface area contributed by atoms with Gasteiger partial charge in [-0.15, -0.1) is 0 Å². The van der Waals surface area contributed by atoms with E-state index in [-0.39, 0.29) is 0 Å². The first-order chi connectivity index (χ1) is 6.67. The second-order valence-corrected chi connectivity index (χ2v) is 9.09. The van der Waals surface area contributed by atoms with E-state index in [0.29, 0.717) is 0 Å². The minimum atomic E-state index is -1.20. The van der Waals surface area contributed by atoms with Crippen molar-refractivity contribution in [3.63, 3.8) is 0 Å². The van der Waals surface area contributed by atoms with E-state index in [1.54, 1.807) is 5.19 Å². The Morgan fingerprint density at radius 1 is 1.07 bits per heavy atom. The van der Waals surface area contributed by atoms with Gasteiger partial charge in [-0.3, -0.25) is 0 Å². The molecule has 14 heavy (non-hydrogen) atoms. The van der Waals surface area contributed by atoms with E-state index in [1.807, 2.05) is 0 Å². The third-order valence-corrected chi connectivity index (χ3v) is 5.74. The molecule has 0 aliphatic rings. The van der Waals surface area contributed by atoms with E-state index in [2.05, 4.69) is 62.5 Å². The number of allylic oxidation sites excluding steroid dienone is 2. The van der Waals surface area contributed by atoms with E-state index in [1.165, 1.54) is 6.04 Å². The second kappa shape index (κ2) is 5.16. The number of hydrogen-bond donors (Lipinski definition) is 0. The lowest BCUT2D eigenvalue weighted by Gasteiger charge is -2.20. The molecule has 1 aromatic carbocycles. The van der Waals surface area contributed by atoms with Crippen molar-refractivity contribution in [1.29, 1.82) is 0 Å². The van der Waals surface area contributed by atoms with Gasteiger partial charge in [0.1, 0.15) is 0 Å². The highest BCUT2D eigenvalue weighted by molar-refractivity contribution is 6.90. The van der Waals surface area contributed by atoms with E-state index < -0.39 is 8.07 Å². The number of hydrogen-bond acceptors (Lipinski definition) is 0. The van der Waals surface area contributed by atoms with Crippen LogP contribution in [0.15, 0.2) is 42.5 Å². The van der Waals surface area contributed by atoms with Crippen molar-refractivity contribution in [3.05, 3.63) is 42.5 Å². The lowest BCUT2D eigenvalue weighted by Crippen LogP contribution is -2.40. The highest BCUT2D eigenvalue weighted by atomic mass is 28.3. The molecule has 0 N–H and O–H groups in total. The van der Waals surface area contributed by atoms with Gasteiger partial charge in [-0.25, -0.2) is 0 Å². The average molecular weight is 204 g/mol. The van der Waals surface area contributed by atoms with Crippen LogP contribution in [0.1, 0.15) is 13.3 Å². The fourth-order valence-corrected chi connectivity index (χ4v) is 3.64. The summed E-state index contributed by atoms with van der Waals surface area (Å²) in [6.07, 6.45) is 5.77. The van der Waals surface area contributed by atoms with Crippen LogP contribution in [0.3, 0.4) is 0 Å². The van der Waals surface area contributed by atoms with Crippen LogP contribution in [-0.2, 0) is 0 Å². The van der Waals surface area contributed by atoms with Crippen molar-refractivity contribution in [1.82, 2.24) is 0 Å². The summed E-state index contributed by atoms with van der Waals surface area (Å²) in [7, 11) is -1.20. The molecule has 0 radical (unpaired) electrons. The molecule has 0 spiro atoms. The van der Waals surface area contributed by atoms with Gasteiger partial charge < -0.3 is 0 Å². The van der Waals surface area contributed by atoms with Crippen LogP contribution < -0.4 is 5.19 Å². The number of rotatable bonds is 4. The molecule has 0 aliphatic heterocycles. The van der Waals surface area contributed by atoms with Crippen molar-refractivity contribution in [3.8, 4) is 0 Å². The molecule has 0 heterocycles. The van der Waals surface area contributed by atoms with E-state index in [9.17, 15) is 0 Å². The number of benzene rings is 1. The SMILES string of the molecule is CC/C=C/C[Si](C)(C)c1ccccc1.